The first-order chi connectivity index (χ1) is 13.2. The van der Waals surface area contributed by atoms with Gasteiger partial charge in [-0.15, -0.1) is 0 Å². The smallest absolute Gasteiger partial charge is 0.418 e. The van der Waals surface area contributed by atoms with E-state index in [1.54, 1.807) is 23.8 Å². The molecular formula is C18H17F3N2O4S. The maximum absolute atomic E-state index is 13.0. The molecule has 1 N–H and O–H groups in total. The van der Waals surface area contributed by atoms with Crippen LogP contribution < -0.4 is 5.32 Å². The van der Waals surface area contributed by atoms with E-state index in [0.29, 0.717) is 5.56 Å². The Balaban J connectivity index is 1.94. The number of para-hydroxylation sites is 1. The van der Waals surface area contributed by atoms with E-state index in [2.05, 4.69) is 5.32 Å². The fraction of sp³-hybridized carbons (Fsp3) is 0.278. The first kappa shape index (κ1) is 21.4. The van der Waals surface area contributed by atoms with Gasteiger partial charge in [0.25, 0.3) is 5.91 Å². The highest BCUT2D eigenvalue weighted by Crippen LogP contribution is 2.34. The summed E-state index contributed by atoms with van der Waals surface area (Å²) in [7, 11) is 0. The lowest BCUT2D eigenvalue weighted by Gasteiger charge is -2.21. The number of rotatable bonds is 7. The number of benzene rings is 1. The standard InChI is InChI=1S/C18H17F3N2O4S/c1-2-23(16(25)10-27-17(26)12-7-8-28-11-12)9-15(24)22-14-6-4-3-5-13(14)18(19,20)21/h3-8,11H,2,9-10H2,1H3,(H,22,24). The fourth-order valence-electron chi connectivity index (χ4n) is 2.26. The highest BCUT2D eigenvalue weighted by molar-refractivity contribution is 7.08. The van der Waals surface area contributed by atoms with Crippen molar-refractivity contribution in [3.63, 3.8) is 0 Å². The van der Waals surface area contributed by atoms with Crippen LogP contribution in [0.1, 0.15) is 22.8 Å². The van der Waals surface area contributed by atoms with Gasteiger partial charge in [-0.25, -0.2) is 4.79 Å². The molecule has 0 spiro atoms. The van der Waals surface area contributed by atoms with E-state index in [-0.39, 0.29) is 6.54 Å². The van der Waals surface area contributed by atoms with Crippen LogP contribution in [0.25, 0.3) is 0 Å². The summed E-state index contributed by atoms with van der Waals surface area (Å²) in [6, 6.07) is 6.09. The summed E-state index contributed by atoms with van der Waals surface area (Å²) in [6.07, 6.45) is -4.63. The molecule has 150 valence electrons. The number of carbonyl (C=O) groups excluding carboxylic acids is 3. The predicted octanol–water partition coefficient (Wildman–Crippen LogP) is 3.41. The van der Waals surface area contributed by atoms with Crippen LogP contribution in [0.5, 0.6) is 0 Å². The zero-order valence-corrected chi connectivity index (χ0v) is 15.6. The SMILES string of the molecule is CCN(CC(=O)Nc1ccccc1C(F)(F)F)C(=O)COC(=O)c1ccsc1. The minimum Gasteiger partial charge on any atom is -0.452 e. The normalized spacial score (nSPS) is 11.0. The van der Waals surface area contributed by atoms with Gasteiger partial charge in [-0.2, -0.15) is 24.5 Å². The van der Waals surface area contributed by atoms with Crippen molar-refractivity contribution in [2.45, 2.75) is 13.1 Å². The zero-order chi connectivity index (χ0) is 20.7. The molecule has 2 aromatic rings. The number of thiophene rings is 1. The van der Waals surface area contributed by atoms with Crippen molar-refractivity contribution in [1.29, 1.82) is 0 Å². The van der Waals surface area contributed by atoms with Crippen LogP contribution in [0.2, 0.25) is 0 Å². The zero-order valence-electron chi connectivity index (χ0n) is 14.8. The van der Waals surface area contributed by atoms with Gasteiger partial charge in [-0.05, 0) is 30.5 Å². The average Bonchev–Trinajstić information content (AvgIpc) is 3.18. The Bertz CT molecular complexity index is 838. The number of ether oxygens (including phenoxy) is 1. The summed E-state index contributed by atoms with van der Waals surface area (Å²) in [6.45, 7) is 0.658. The lowest BCUT2D eigenvalue weighted by molar-refractivity contribution is -0.138. The van der Waals surface area contributed by atoms with Gasteiger partial charge in [0, 0.05) is 11.9 Å². The number of amides is 2. The van der Waals surface area contributed by atoms with Gasteiger partial charge in [0.05, 0.1) is 23.4 Å². The monoisotopic (exact) mass is 414 g/mol. The van der Waals surface area contributed by atoms with E-state index < -0.39 is 48.4 Å². The fourth-order valence-corrected chi connectivity index (χ4v) is 2.89. The first-order valence-electron chi connectivity index (χ1n) is 8.15. The van der Waals surface area contributed by atoms with E-state index in [0.717, 1.165) is 17.0 Å². The lowest BCUT2D eigenvalue weighted by Crippen LogP contribution is -2.40. The minimum absolute atomic E-state index is 0.114. The molecule has 0 radical (unpaired) electrons. The van der Waals surface area contributed by atoms with E-state index >= 15 is 0 Å². The number of anilines is 1. The van der Waals surface area contributed by atoms with Gasteiger partial charge in [0.15, 0.2) is 6.61 Å². The molecular weight excluding hydrogens is 397 g/mol. The van der Waals surface area contributed by atoms with Crippen LogP contribution in [0, 0.1) is 0 Å². The largest absolute Gasteiger partial charge is 0.452 e. The Morgan fingerprint density at radius 1 is 1.18 bits per heavy atom. The molecule has 2 amide bonds. The second-order valence-electron chi connectivity index (χ2n) is 5.59. The van der Waals surface area contributed by atoms with E-state index in [1.165, 1.54) is 23.5 Å². The summed E-state index contributed by atoms with van der Waals surface area (Å²) < 4.78 is 43.8. The molecule has 28 heavy (non-hydrogen) atoms. The Labute approximate surface area is 162 Å². The summed E-state index contributed by atoms with van der Waals surface area (Å²) >= 11 is 1.30. The molecule has 0 unspecified atom stereocenters. The van der Waals surface area contributed by atoms with E-state index in [4.69, 9.17) is 4.74 Å². The Hall–Kier alpha value is -2.88. The first-order valence-corrected chi connectivity index (χ1v) is 9.09. The van der Waals surface area contributed by atoms with Gasteiger partial charge in [0.2, 0.25) is 5.91 Å². The summed E-state index contributed by atoms with van der Waals surface area (Å²) in [5.41, 5.74) is -1.07. The van der Waals surface area contributed by atoms with Gasteiger partial charge in [0.1, 0.15) is 0 Å². The number of esters is 1. The molecule has 1 aromatic heterocycles. The summed E-state index contributed by atoms with van der Waals surface area (Å²) in [5.74, 6) is -2.10. The molecule has 0 aliphatic carbocycles. The molecule has 10 heteroatoms. The van der Waals surface area contributed by atoms with Crippen LogP contribution in [-0.2, 0) is 20.5 Å². The highest BCUT2D eigenvalue weighted by atomic mass is 32.1. The van der Waals surface area contributed by atoms with Crippen LogP contribution in [0.4, 0.5) is 18.9 Å². The third-order valence-electron chi connectivity index (χ3n) is 3.66. The van der Waals surface area contributed by atoms with Crippen molar-refractivity contribution in [3.05, 3.63) is 52.2 Å². The number of alkyl halides is 3. The van der Waals surface area contributed by atoms with Crippen LogP contribution in [0.15, 0.2) is 41.1 Å². The van der Waals surface area contributed by atoms with Gasteiger partial charge >= 0.3 is 12.1 Å². The number of halogens is 3. The molecule has 0 saturated heterocycles. The van der Waals surface area contributed by atoms with Crippen molar-refractivity contribution >= 4 is 34.8 Å². The minimum atomic E-state index is -4.63. The van der Waals surface area contributed by atoms with Crippen molar-refractivity contribution in [1.82, 2.24) is 4.90 Å². The third kappa shape index (κ3) is 5.81. The Morgan fingerprint density at radius 3 is 2.50 bits per heavy atom. The van der Waals surface area contributed by atoms with Crippen LogP contribution >= 0.6 is 11.3 Å². The molecule has 1 aromatic carbocycles. The Morgan fingerprint density at radius 2 is 1.89 bits per heavy atom. The third-order valence-corrected chi connectivity index (χ3v) is 4.34. The molecule has 0 bridgehead atoms. The number of hydrogen-bond donors (Lipinski definition) is 1. The molecule has 2 rings (SSSR count). The Kier molecular flexibility index (Phi) is 7.16. The van der Waals surface area contributed by atoms with Crippen LogP contribution in [-0.4, -0.2) is 42.4 Å². The summed E-state index contributed by atoms with van der Waals surface area (Å²) in [5, 5.41) is 5.41. The highest BCUT2D eigenvalue weighted by Gasteiger charge is 2.33. The lowest BCUT2D eigenvalue weighted by atomic mass is 10.1. The van der Waals surface area contributed by atoms with Crippen molar-refractivity contribution < 1.29 is 32.3 Å². The van der Waals surface area contributed by atoms with Gasteiger partial charge in [-0.3, -0.25) is 9.59 Å². The van der Waals surface area contributed by atoms with Crippen molar-refractivity contribution in [2.75, 3.05) is 25.0 Å². The maximum Gasteiger partial charge on any atom is 0.418 e. The molecule has 1 heterocycles. The summed E-state index contributed by atoms with van der Waals surface area (Å²) in [4.78, 5) is 37.1. The van der Waals surface area contributed by atoms with Gasteiger partial charge in [-0.1, -0.05) is 12.1 Å². The number of carbonyl (C=O) groups is 3. The predicted molar refractivity (Wildman–Crippen MR) is 96.9 cm³/mol. The maximum atomic E-state index is 13.0. The van der Waals surface area contributed by atoms with Crippen LogP contribution in [0.3, 0.4) is 0 Å². The van der Waals surface area contributed by atoms with Crippen molar-refractivity contribution in [2.24, 2.45) is 0 Å². The molecule has 0 aliphatic rings. The molecule has 0 aliphatic heterocycles. The van der Waals surface area contributed by atoms with E-state index in [9.17, 15) is 27.6 Å². The van der Waals surface area contributed by atoms with E-state index in [1.807, 2.05) is 0 Å². The van der Waals surface area contributed by atoms with Gasteiger partial charge < -0.3 is 15.0 Å². The second-order valence-corrected chi connectivity index (χ2v) is 6.37. The van der Waals surface area contributed by atoms with Crippen molar-refractivity contribution in [3.8, 4) is 0 Å². The average molecular weight is 414 g/mol. The topological polar surface area (TPSA) is 75.7 Å². The molecule has 0 saturated carbocycles. The quantitative estimate of drug-likeness (QED) is 0.705. The molecule has 0 fully saturated rings. The number of nitrogens with zero attached hydrogens (tertiary/aromatic N) is 1. The number of likely N-dealkylation sites (N-methyl/N-ethyl adjacent to an activating group) is 1. The number of hydrogen-bond acceptors (Lipinski definition) is 5. The number of nitrogens with one attached hydrogen (secondary N) is 1. The molecule has 6 nitrogen and oxygen atoms in total. The molecule has 0 atom stereocenters. The second kappa shape index (κ2) is 9.36.